The van der Waals surface area contributed by atoms with Crippen molar-refractivity contribution in [3.8, 4) is 0 Å². The fraction of sp³-hybridized carbons (Fsp3) is 0.133. The van der Waals surface area contributed by atoms with Crippen molar-refractivity contribution >= 4 is 23.4 Å². The highest BCUT2D eigenvalue weighted by Crippen LogP contribution is 2.34. The van der Waals surface area contributed by atoms with Gasteiger partial charge in [-0.2, -0.15) is 0 Å². The summed E-state index contributed by atoms with van der Waals surface area (Å²) in [6.07, 6.45) is 0. The molecule has 0 unspecified atom stereocenters. The van der Waals surface area contributed by atoms with Crippen LogP contribution < -0.4 is 5.73 Å². The average Bonchev–Trinajstić information content (AvgIpc) is 2.43. The van der Waals surface area contributed by atoms with Gasteiger partial charge in [-0.15, -0.1) is 0 Å². The van der Waals surface area contributed by atoms with Crippen LogP contribution in [0.3, 0.4) is 0 Å². The van der Waals surface area contributed by atoms with Crippen LogP contribution in [0.25, 0.3) is 0 Å². The van der Waals surface area contributed by atoms with Crippen molar-refractivity contribution in [2.75, 3.05) is 12.3 Å². The molecule has 0 fully saturated rings. The van der Waals surface area contributed by atoms with E-state index in [1.807, 2.05) is 18.2 Å². The normalized spacial score (nSPS) is 10.3. The molecule has 0 aliphatic rings. The molecule has 3 nitrogen and oxygen atoms in total. The van der Waals surface area contributed by atoms with Crippen LogP contribution >= 0.6 is 11.8 Å². The van der Waals surface area contributed by atoms with Crippen LogP contribution in [-0.2, 0) is 4.74 Å². The van der Waals surface area contributed by atoms with Crippen molar-refractivity contribution < 1.29 is 13.9 Å². The van der Waals surface area contributed by atoms with E-state index in [2.05, 4.69) is 0 Å². The van der Waals surface area contributed by atoms with Gasteiger partial charge in [0.15, 0.2) is 0 Å². The van der Waals surface area contributed by atoms with Gasteiger partial charge in [0.25, 0.3) is 0 Å². The first-order valence-electron chi connectivity index (χ1n) is 6.11. The monoisotopic (exact) mass is 291 g/mol. The number of carbonyl (C=O) groups is 1. The van der Waals surface area contributed by atoms with Gasteiger partial charge in [0.1, 0.15) is 5.82 Å². The van der Waals surface area contributed by atoms with Gasteiger partial charge in [0.2, 0.25) is 0 Å². The summed E-state index contributed by atoms with van der Waals surface area (Å²) in [6, 6.07) is 11.3. The van der Waals surface area contributed by atoms with Gasteiger partial charge in [-0.25, -0.2) is 9.18 Å². The fourth-order valence-electron chi connectivity index (χ4n) is 1.65. The summed E-state index contributed by atoms with van der Waals surface area (Å²) in [6.45, 7) is 1.95. The third-order valence-corrected chi connectivity index (χ3v) is 3.74. The molecule has 0 aliphatic heterocycles. The molecule has 0 atom stereocenters. The Morgan fingerprint density at radius 3 is 2.70 bits per heavy atom. The second-order valence-electron chi connectivity index (χ2n) is 4.00. The highest BCUT2D eigenvalue weighted by molar-refractivity contribution is 7.99. The molecule has 0 saturated heterocycles. The maximum absolute atomic E-state index is 13.3. The molecule has 0 heterocycles. The van der Waals surface area contributed by atoms with Gasteiger partial charge in [-0.3, -0.25) is 0 Å². The molecular formula is C15H14FNO2S. The maximum atomic E-state index is 13.3. The minimum absolute atomic E-state index is 0.208. The van der Waals surface area contributed by atoms with E-state index in [0.717, 1.165) is 4.90 Å². The zero-order valence-corrected chi connectivity index (χ0v) is 11.7. The summed E-state index contributed by atoms with van der Waals surface area (Å²) in [5, 5.41) is 0. The van der Waals surface area contributed by atoms with Crippen LogP contribution in [0.1, 0.15) is 17.3 Å². The predicted molar refractivity (Wildman–Crippen MR) is 77.3 cm³/mol. The molecule has 0 amide bonds. The van der Waals surface area contributed by atoms with Crippen LogP contribution in [0.15, 0.2) is 52.3 Å². The third kappa shape index (κ3) is 3.30. The number of hydrogen-bond acceptors (Lipinski definition) is 4. The van der Waals surface area contributed by atoms with Crippen LogP contribution in [0.4, 0.5) is 10.1 Å². The molecule has 0 radical (unpaired) electrons. The molecule has 2 N–H and O–H groups in total. The van der Waals surface area contributed by atoms with Gasteiger partial charge in [-0.05, 0) is 37.3 Å². The summed E-state index contributed by atoms with van der Waals surface area (Å²) in [5.41, 5.74) is 6.69. The van der Waals surface area contributed by atoms with Crippen LogP contribution in [0.5, 0.6) is 0 Å². The van der Waals surface area contributed by atoms with Crippen LogP contribution in [0, 0.1) is 5.82 Å². The molecule has 2 aromatic carbocycles. The Balaban J connectivity index is 2.36. The summed E-state index contributed by atoms with van der Waals surface area (Å²) in [7, 11) is 0. The number of nitrogen functional groups attached to an aromatic ring is 1. The molecule has 0 saturated carbocycles. The first kappa shape index (κ1) is 14.4. The first-order chi connectivity index (χ1) is 9.61. The lowest BCUT2D eigenvalue weighted by Gasteiger charge is -2.10. The minimum Gasteiger partial charge on any atom is -0.462 e. The Morgan fingerprint density at radius 1 is 1.25 bits per heavy atom. The van der Waals surface area contributed by atoms with Crippen molar-refractivity contribution in [3.63, 3.8) is 0 Å². The number of hydrogen-bond donors (Lipinski definition) is 1. The number of rotatable bonds is 4. The highest BCUT2D eigenvalue weighted by Gasteiger charge is 2.15. The zero-order chi connectivity index (χ0) is 14.5. The van der Waals surface area contributed by atoms with Crippen molar-refractivity contribution in [1.29, 1.82) is 0 Å². The van der Waals surface area contributed by atoms with E-state index in [1.54, 1.807) is 19.1 Å². The Bertz CT molecular complexity index is 631. The summed E-state index contributed by atoms with van der Waals surface area (Å²) in [5.74, 6) is -1.01. The summed E-state index contributed by atoms with van der Waals surface area (Å²) >= 11 is 1.31. The quantitative estimate of drug-likeness (QED) is 0.688. The lowest BCUT2D eigenvalue weighted by atomic mass is 10.2. The smallest absolute Gasteiger partial charge is 0.339 e. The van der Waals surface area contributed by atoms with Gasteiger partial charge in [-0.1, -0.05) is 23.9 Å². The molecule has 104 valence electrons. The van der Waals surface area contributed by atoms with Gasteiger partial charge in [0.05, 0.1) is 12.2 Å². The van der Waals surface area contributed by atoms with Crippen molar-refractivity contribution in [2.24, 2.45) is 0 Å². The van der Waals surface area contributed by atoms with E-state index >= 15 is 0 Å². The molecule has 0 aliphatic carbocycles. The van der Waals surface area contributed by atoms with E-state index in [-0.39, 0.29) is 12.2 Å². The number of benzene rings is 2. The average molecular weight is 291 g/mol. The SMILES string of the molecule is CCOC(=O)c1cc(F)ccc1Sc1ccccc1N. The molecular weight excluding hydrogens is 277 g/mol. The van der Waals surface area contributed by atoms with Gasteiger partial charge >= 0.3 is 5.97 Å². The van der Waals surface area contributed by atoms with Crippen molar-refractivity contribution in [3.05, 3.63) is 53.8 Å². The molecule has 5 heteroatoms. The largest absolute Gasteiger partial charge is 0.462 e. The molecule has 2 aromatic rings. The zero-order valence-electron chi connectivity index (χ0n) is 10.9. The molecule has 0 aromatic heterocycles. The molecule has 0 bridgehead atoms. The second-order valence-corrected chi connectivity index (χ2v) is 5.08. The second kappa shape index (κ2) is 6.43. The Hall–Kier alpha value is -2.01. The predicted octanol–water partition coefficient (Wildman–Crippen LogP) is 3.74. The van der Waals surface area contributed by atoms with E-state index in [4.69, 9.17) is 10.5 Å². The van der Waals surface area contributed by atoms with Gasteiger partial charge in [0, 0.05) is 15.5 Å². The highest BCUT2D eigenvalue weighted by atomic mass is 32.2. The lowest BCUT2D eigenvalue weighted by molar-refractivity contribution is 0.0521. The van der Waals surface area contributed by atoms with E-state index < -0.39 is 11.8 Å². The van der Waals surface area contributed by atoms with Crippen LogP contribution in [0.2, 0.25) is 0 Å². The Labute approximate surface area is 120 Å². The molecule has 2 rings (SSSR count). The minimum atomic E-state index is -0.538. The van der Waals surface area contributed by atoms with E-state index in [9.17, 15) is 9.18 Å². The van der Waals surface area contributed by atoms with Crippen molar-refractivity contribution in [2.45, 2.75) is 16.7 Å². The van der Waals surface area contributed by atoms with E-state index in [0.29, 0.717) is 10.6 Å². The summed E-state index contributed by atoms with van der Waals surface area (Å²) < 4.78 is 18.3. The lowest BCUT2D eigenvalue weighted by Crippen LogP contribution is -2.06. The first-order valence-corrected chi connectivity index (χ1v) is 6.92. The third-order valence-electron chi connectivity index (χ3n) is 2.58. The number of nitrogens with two attached hydrogens (primary N) is 1. The topological polar surface area (TPSA) is 52.3 Å². The van der Waals surface area contributed by atoms with Crippen LogP contribution in [-0.4, -0.2) is 12.6 Å². The number of para-hydroxylation sites is 1. The number of anilines is 1. The maximum Gasteiger partial charge on any atom is 0.339 e. The fourth-order valence-corrected chi connectivity index (χ4v) is 2.61. The summed E-state index contributed by atoms with van der Waals surface area (Å²) in [4.78, 5) is 13.3. The standard InChI is InChI=1S/C15H14FNO2S/c1-2-19-15(18)11-9-10(16)7-8-13(11)20-14-6-4-3-5-12(14)17/h3-9H,2,17H2,1H3. The van der Waals surface area contributed by atoms with E-state index in [1.165, 1.54) is 23.9 Å². The number of carbonyl (C=O) groups excluding carboxylic acids is 1. The number of ether oxygens (including phenoxy) is 1. The Morgan fingerprint density at radius 2 is 2.00 bits per heavy atom. The van der Waals surface area contributed by atoms with Gasteiger partial charge < -0.3 is 10.5 Å². The number of esters is 1. The Kier molecular flexibility index (Phi) is 4.63. The number of halogens is 1. The van der Waals surface area contributed by atoms with Crippen molar-refractivity contribution in [1.82, 2.24) is 0 Å². The molecule has 20 heavy (non-hydrogen) atoms. The molecule has 0 spiro atoms.